The number of rotatable bonds is 2. The highest BCUT2D eigenvalue weighted by Gasteiger charge is 2.23. The summed E-state index contributed by atoms with van der Waals surface area (Å²) in [4.78, 5) is 24.5. The van der Waals surface area contributed by atoms with Crippen molar-refractivity contribution >= 4 is 11.6 Å². The molecule has 0 bridgehead atoms. The molecule has 1 aliphatic heterocycles. The molecule has 1 aromatic carbocycles. The number of piperazine rings is 1. The number of hydrogen-bond acceptors (Lipinski definition) is 4. The topological polar surface area (TPSA) is 49.3 Å². The molecule has 0 unspecified atom stereocenters. The summed E-state index contributed by atoms with van der Waals surface area (Å²) in [6, 6.07) is 8.08. The lowest BCUT2D eigenvalue weighted by Gasteiger charge is -2.36. The molecule has 114 valence electrons. The van der Waals surface area contributed by atoms with E-state index in [1.165, 1.54) is 12.1 Å². The van der Waals surface area contributed by atoms with Gasteiger partial charge in [-0.15, -0.1) is 0 Å². The SMILES string of the molecule is Cc1nccc(C(=O)N2CCN(c3ccc(F)cc3)CC2)n1. The highest BCUT2D eigenvalue weighted by Crippen LogP contribution is 2.17. The van der Waals surface area contributed by atoms with E-state index in [0.29, 0.717) is 24.6 Å². The summed E-state index contributed by atoms with van der Waals surface area (Å²) in [5, 5.41) is 0. The van der Waals surface area contributed by atoms with Gasteiger partial charge in [0.2, 0.25) is 0 Å². The minimum atomic E-state index is -0.239. The summed E-state index contributed by atoms with van der Waals surface area (Å²) in [7, 11) is 0. The summed E-state index contributed by atoms with van der Waals surface area (Å²) in [6.45, 7) is 4.46. The van der Waals surface area contributed by atoms with Crippen LogP contribution in [-0.4, -0.2) is 47.0 Å². The molecule has 1 saturated heterocycles. The molecule has 0 spiro atoms. The summed E-state index contributed by atoms with van der Waals surface area (Å²) in [6.07, 6.45) is 1.60. The first kappa shape index (κ1) is 14.4. The first-order chi connectivity index (χ1) is 10.6. The fraction of sp³-hybridized carbons (Fsp3) is 0.312. The smallest absolute Gasteiger partial charge is 0.272 e. The van der Waals surface area contributed by atoms with Crippen LogP contribution in [0.5, 0.6) is 0 Å². The van der Waals surface area contributed by atoms with Crippen LogP contribution in [0.3, 0.4) is 0 Å². The molecule has 1 aromatic heterocycles. The van der Waals surface area contributed by atoms with Crippen molar-refractivity contribution in [1.82, 2.24) is 14.9 Å². The quantitative estimate of drug-likeness (QED) is 0.850. The maximum Gasteiger partial charge on any atom is 0.272 e. The Kier molecular flexibility index (Phi) is 4.00. The van der Waals surface area contributed by atoms with Gasteiger partial charge in [-0.3, -0.25) is 4.79 Å². The van der Waals surface area contributed by atoms with Crippen molar-refractivity contribution in [2.75, 3.05) is 31.1 Å². The van der Waals surface area contributed by atoms with Crippen LogP contribution >= 0.6 is 0 Å². The molecular formula is C16H17FN4O. The number of nitrogens with zero attached hydrogens (tertiary/aromatic N) is 4. The van der Waals surface area contributed by atoms with Crippen LogP contribution in [0.25, 0.3) is 0 Å². The minimum Gasteiger partial charge on any atom is -0.368 e. The molecule has 6 heteroatoms. The highest BCUT2D eigenvalue weighted by molar-refractivity contribution is 5.92. The summed E-state index contributed by atoms with van der Waals surface area (Å²) in [5.74, 6) is 0.289. The zero-order valence-electron chi connectivity index (χ0n) is 12.4. The van der Waals surface area contributed by atoms with Crippen LogP contribution in [-0.2, 0) is 0 Å². The minimum absolute atomic E-state index is 0.0655. The van der Waals surface area contributed by atoms with Gasteiger partial charge in [-0.25, -0.2) is 14.4 Å². The van der Waals surface area contributed by atoms with Crippen molar-refractivity contribution < 1.29 is 9.18 Å². The maximum atomic E-state index is 13.0. The van der Waals surface area contributed by atoms with Crippen molar-refractivity contribution in [1.29, 1.82) is 0 Å². The molecular weight excluding hydrogens is 283 g/mol. The summed E-state index contributed by atoms with van der Waals surface area (Å²) < 4.78 is 13.0. The molecule has 0 N–H and O–H groups in total. The lowest BCUT2D eigenvalue weighted by molar-refractivity contribution is 0.0740. The number of amides is 1. The standard InChI is InChI=1S/C16H17FN4O/c1-12-18-7-6-15(19-12)16(22)21-10-8-20(9-11-21)14-4-2-13(17)3-5-14/h2-7H,8-11H2,1H3. The van der Waals surface area contributed by atoms with E-state index in [0.717, 1.165) is 18.8 Å². The van der Waals surface area contributed by atoms with Gasteiger partial charge in [0.1, 0.15) is 17.3 Å². The number of hydrogen-bond donors (Lipinski definition) is 0. The number of carbonyl (C=O) groups excluding carboxylic acids is 1. The van der Waals surface area contributed by atoms with Crippen molar-refractivity contribution in [3.63, 3.8) is 0 Å². The zero-order valence-corrected chi connectivity index (χ0v) is 12.4. The Morgan fingerprint density at radius 1 is 1.09 bits per heavy atom. The van der Waals surface area contributed by atoms with Crippen LogP contribution in [0.2, 0.25) is 0 Å². The Labute approximate surface area is 128 Å². The Bertz CT molecular complexity index is 666. The number of aromatic nitrogens is 2. The Hall–Kier alpha value is -2.50. The number of benzene rings is 1. The van der Waals surface area contributed by atoms with E-state index in [4.69, 9.17) is 0 Å². The van der Waals surface area contributed by atoms with Gasteiger partial charge >= 0.3 is 0 Å². The molecule has 2 heterocycles. The average molecular weight is 300 g/mol. The van der Waals surface area contributed by atoms with E-state index in [9.17, 15) is 9.18 Å². The number of carbonyl (C=O) groups is 1. The Morgan fingerprint density at radius 3 is 2.41 bits per heavy atom. The van der Waals surface area contributed by atoms with Gasteiger partial charge in [-0.05, 0) is 37.3 Å². The number of halogens is 1. The van der Waals surface area contributed by atoms with E-state index >= 15 is 0 Å². The van der Waals surface area contributed by atoms with E-state index in [2.05, 4.69) is 14.9 Å². The van der Waals surface area contributed by atoms with Crippen LogP contribution in [0.4, 0.5) is 10.1 Å². The molecule has 2 aromatic rings. The molecule has 1 aliphatic rings. The molecule has 0 aliphatic carbocycles. The maximum absolute atomic E-state index is 13.0. The van der Waals surface area contributed by atoms with Gasteiger partial charge in [-0.2, -0.15) is 0 Å². The Balaban J connectivity index is 1.64. The van der Waals surface area contributed by atoms with Crippen LogP contribution < -0.4 is 4.90 Å². The second kappa shape index (κ2) is 6.09. The first-order valence-electron chi connectivity index (χ1n) is 7.23. The normalized spacial score (nSPS) is 15.0. The van der Waals surface area contributed by atoms with E-state index in [-0.39, 0.29) is 11.7 Å². The third-order valence-corrected chi connectivity index (χ3v) is 3.75. The molecule has 5 nitrogen and oxygen atoms in total. The monoisotopic (exact) mass is 300 g/mol. The average Bonchev–Trinajstić information content (AvgIpc) is 2.55. The van der Waals surface area contributed by atoms with Crippen molar-refractivity contribution in [3.05, 3.63) is 53.9 Å². The van der Waals surface area contributed by atoms with Gasteiger partial charge in [0.05, 0.1) is 0 Å². The predicted molar refractivity (Wildman–Crippen MR) is 81.3 cm³/mol. The molecule has 0 radical (unpaired) electrons. The van der Waals surface area contributed by atoms with Crippen LogP contribution in [0, 0.1) is 12.7 Å². The molecule has 0 saturated carbocycles. The number of anilines is 1. The molecule has 22 heavy (non-hydrogen) atoms. The summed E-state index contributed by atoms with van der Waals surface area (Å²) >= 11 is 0. The second-order valence-corrected chi connectivity index (χ2v) is 5.24. The molecule has 0 atom stereocenters. The third kappa shape index (κ3) is 3.05. The second-order valence-electron chi connectivity index (χ2n) is 5.24. The van der Waals surface area contributed by atoms with Crippen LogP contribution in [0.1, 0.15) is 16.3 Å². The fourth-order valence-electron chi connectivity index (χ4n) is 2.56. The van der Waals surface area contributed by atoms with Gasteiger partial charge in [0.25, 0.3) is 5.91 Å². The Morgan fingerprint density at radius 2 is 1.77 bits per heavy atom. The lowest BCUT2D eigenvalue weighted by Crippen LogP contribution is -2.49. The van der Waals surface area contributed by atoms with Gasteiger partial charge < -0.3 is 9.80 Å². The highest BCUT2D eigenvalue weighted by atomic mass is 19.1. The largest absolute Gasteiger partial charge is 0.368 e. The third-order valence-electron chi connectivity index (χ3n) is 3.75. The van der Waals surface area contributed by atoms with Crippen molar-refractivity contribution in [3.8, 4) is 0 Å². The molecule has 1 amide bonds. The van der Waals surface area contributed by atoms with Gasteiger partial charge in [0, 0.05) is 38.1 Å². The summed E-state index contributed by atoms with van der Waals surface area (Å²) in [5.41, 5.74) is 1.41. The predicted octanol–water partition coefficient (Wildman–Crippen LogP) is 1.89. The molecule has 3 rings (SSSR count). The van der Waals surface area contributed by atoms with Crippen LogP contribution in [0.15, 0.2) is 36.5 Å². The van der Waals surface area contributed by atoms with Crippen molar-refractivity contribution in [2.24, 2.45) is 0 Å². The fourth-order valence-corrected chi connectivity index (χ4v) is 2.56. The lowest BCUT2D eigenvalue weighted by atomic mass is 10.2. The van der Waals surface area contributed by atoms with Gasteiger partial charge in [0.15, 0.2) is 0 Å². The van der Waals surface area contributed by atoms with Crippen molar-refractivity contribution in [2.45, 2.75) is 6.92 Å². The van der Waals surface area contributed by atoms with E-state index in [1.807, 2.05) is 0 Å². The number of aryl methyl sites for hydroxylation is 1. The van der Waals surface area contributed by atoms with E-state index < -0.39 is 0 Å². The zero-order chi connectivity index (χ0) is 15.5. The molecule has 1 fully saturated rings. The van der Waals surface area contributed by atoms with Gasteiger partial charge in [-0.1, -0.05) is 0 Å². The first-order valence-corrected chi connectivity index (χ1v) is 7.23. The van der Waals surface area contributed by atoms with E-state index in [1.54, 1.807) is 36.2 Å².